The van der Waals surface area contributed by atoms with Crippen LogP contribution in [0.25, 0.3) is 0 Å². The van der Waals surface area contributed by atoms with E-state index in [9.17, 15) is 18.0 Å². The van der Waals surface area contributed by atoms with Gasteiger partial charge < -0.3 is 4.74 Å². The quantitative estimate of drug-likeness (QED) is 0.927. The number of carbonyl (C=O) groups is 1. The lowest BCUT2D eigenvalue weighted by Crippen LogP contribution is -2.19. The molecular weight excluding hydrogens is 299 g/mol. The molecule has 0 aliphatic heterocycles. The van der Waals surface area contributed by atoms with E-state index in [1.54, 1.807) is 0 Å². The van der Waals surface area contributed by atoms with Gasteiger partial charge in [-0.05, 0) is 17.4 Å². The van der Waals surface area contributed by atoms with E-state index in [0.717, 1.165) is 17.5 Å². The fourth-order valence-electron chi connectivity index (χ4n) is 1.26. The molecule has 0 unspecified atom stereocenters. The highest BCUT2D eigenvalue weighted by molar-refractivity contribution is 7.17. The zero-order valence-corrected chi connectivity index (χ0v) is 10.8. The lowest BCUT2D eigenvalue weighted by atomic mass is 10.4. The van der Waals surface area contributed by atoms with Crippen LogP contribution in [0.2, 0.25) is 0 Å². The van der Waals surface area contributed by atoms with Gasteiger partial charge in [0.25, 0.3) is 11.1 Å². The van der Waals surface area contributed by atoms with Crippen LogP contribution in [-0.4, -0.2) is 39.2 Å². The van der Waals surface area contributed by atoms with Gasteiger partial charge >= 0.3 is 6.18 Å². The molecule has 2 rings (SSSR count). The van der Waals surface area contributed by atoms with Gasteiger partial charge in [-0.25, -0.2) is 0 Å². The summed E-state index contributed by atoms with van der Waals surface area (Å²) in [6, 6.07) is 1.18. The van der Waals surface area contributed by atoms with Crippen LogP contribution in [0, 0.1) is 0 Å². The van der Waals surface area contributed by atoms with Gasteiger partial charge in [-0.1, -0.05) is 5.10 Å². The number of carbonyl (C=O) groups excluding carboxylic acids is 1. The van der Waals surface area contributed by atoms with E-state index in [1.807, 2.05) is 0 Å². The van der Waals surface area contributed by atoms with E-state index >= 15 is 0 Å². The summed E-state index contributed by atoms with van der Waals surface area (Å²) in [5, 5.41) is 13.5. The van der Waals surface area contributed by atoms with Crippen LogP contribution in [0.4, 0.5) is 18.3 Å². The Morgan fingerprint density at radius 1 is 1.50 bits per heavy atom. The maximum absolute atomic E-state index is 12.1. The predicted molar refractivity (Wildman–Crippen MR) is 62.7 cm³/mol. The molecule has 0 atom stereocenters. The number of methoxy groups -OCH3 is 1. The first-order valence-corrected chi connectivity index (χ1v) is 5.98. The molecule has 0 radical (unpaired) electrons. The molecule has 2 aromatic heterocycles. The predicted octanol–water partition coefficient (Wildman–Crippen LogP) is 1.56. The number of nitrogens with one attached hydrogen (secondary N) is 1. The van der Waals surface area contributed by atoms with Crippen molar-refractivity contribution < 1.29 is 22.7 Å². The number of amides is 1. The summed E-state index contributed by atoms with van der Waals surface area (Å²) >= 11 is 0.982. The van der Waals surface area contributed by atoms with Crippen LogP contribution >= 0.6 is 11.3 Å². The van der Waals surface area contributed by atoms with E-state index in [-0.39, 0.29) is 16.0 Å². The first kappa shape index (κ1) is 14.2. The van der Waals surface area contributed by atoms with Crippen LogP contribution in [0.5, 0.6) is 5.19 Å². The first-order valence-electron chi connectivity index (χ1n) is 5.16. The minimum atomic E-state index is -4.40. The van der Waals surface area contributed by atoms with Crippen LogP contribution < -0.4 is 10.1 Å². The largest absolute Gasteiger partial charge is 0.472 e. The van der Waals surface area contributed by atoms with Gasteiger partial charge in [0.15, 0.2) is 5.69 Å². The van der Waals surface area contributed by atoms with Gasteiger partial charge in [0.1, 0.15) is 6.54 Å². The molecule has 7 nitrogen and oxygen atoms in total. The second-order valence-corrected chi connectivity index (χ2v) is 4.49. The number of nitrogens with zero attached hydrogens (tertiary/aromatic N) is 4. The normalized spacial score (nSPS) is 11.4. The van der Waals surface area contributed by atoms with Gasteiger partial charge in [-0.2, -0.15) is 18.3 Å². The average Bonchev–Trinajstić information content (AvgIpc) is 2.96. The van der Waals surface area contributed by atoms with E-state index in [2.05, 4.69) is 20.6 Å². The molecule has 1 N–H and O–H groups in total. The fourth-order valence-corrected chi connectivity index (χ4v) is 1.81. The first-order chi connectivity index (χ1) is 9.37. The van der Waals surface area contributed by atoms with Gasteiger partial charge in [0.05, 0.1) is 7.11 Å². The SMILES string of the molecule is COc1nnc(NC(=O)c2ccn(CC(F)(F)F)n2)s1. The minimum Gasteiger partial charge on any atom is -0.472 e. The van der Waals surface area contributed by atoms with Gasteiger partial charge in [-0.15, -0.1) is 5.10 Å². The van der Waals surface area contributed by atoms with Crippen LogP contribution in [-0.2, 0) is 6.54 Å². The summed E-state index contributed by atoms with van der Waals surface area (Å²) in [6.07, 6.45) is -3.32. The maximum atomic E-state index is 12.1. The number of hydrogen-bond acceptors (Lipinski definition) is 6. The summed E-state index contributed by atoms with van der Waals surface area (Å²) in [4.78, 5) is 11.7. The molecule has 108 valence electrons. The fraction of sp³-hybridized carbons (Fsp3) is 0.333. The van der Waals surface area contributed by atoms with E-state index in [0.29, 0.717) is 4.68 Å². The Bertz CT molecular complexity index is 609. The molecule has 0 saturated carbocycles. The highest BCUT2D eigenvalue weighted by Gasteiger charge is 2.28. The molecule has 0 aromatic carbocycles. The van der Waals surface area contributed by atoms with Crippen molar-refractivity contribution >= 4 is 22.4 Å². The highest BCUT2D eigenvalue weighted by atomic mass is 32.1. The smallest absolute Gasteiger partial charge is 0.408 e. The van der Waals surface area contributed by atoms with Crippen molar-refractivity contribution in [1.82, 2.24) is 20.0 Å². The number of hydrogen-bond donors (Lipinski definition) is 1. The Hall–Kier alpha value is -2.17. The standard InChI is InChI=1S/C9H8F3N5O2S/c1-19-8-15-14-7(20-8)13-6(18)5-2-3-17(16-5)4-9(10,11)12/h2-3H,4H2,1H3,(H,13,14,18). The Kier molecular flexibility index (Phi) is 3.88. The minimum absolute atomic E-state index is 0.150. The zero-order chi connectivity index (χ0) is 14.8. The van der Waals surface area contributed by atoms with Crippen LogP contribution in [0.3, 0.4) is 0 Å². The maximum Gasteiger partial charge on any atom is 0.408 e. The second-order valence-electron chi connectivity index (χ2n) is 3.55. The molecule has 0 fully saturated rings. The van der Waals surface area contributed by atoms with E-state index < -0.39 is 18.6 Å². The van der Waals surface area contributed by atoms with E-state index in [4.69, 9.17) is 4.74 Å². The molecule has 11 heteroatoms. The summed E-state index contributed by atoms with van der Waals surface area (Å²) < 4.78 is 41.9. The molecule has 0 aliphatic rings. The highest BCUT2D eigenvalue weighted by Crippen LogP contribution is 2.22. The monoisotopic (exact) mass is 307 g/mol. The van der Waals surface area contributed by atoms with Crippen molar-refractivity contribution in [3.8, 4) is 5.19 Å². The number of anilines is 1. The number of aromatic nitrogens is 4. The van der Waals surface area contributed by atoms with Crippen LogP contribution in [0.1, 0.15) is 10.5 Å². The van der Waals surface area contributed by atoms with Crippen molar-refractivity contribution in [1.29, 1.82) is 0 Å². The Morgan fingerprint density at radius 3 is 2.85 bits per heavy atom. The molecule has 20 heavy (non-hydrogen) atoms. The third-order valence-electron chi connectivity index (χ3n) is 2.02. The zero-order valence-electron chi connectivity index (χ0n) is 10.0. The van der Waals surface area contributed by atoms with E-state index in [1.165, 1.54) is 13.2 Å². The average molecular weight is 307 g/mol. The molecular formula is C9H8F3N5O2S. The number of alkyl halides is 3. The van der Waals surface area contributed by atoms with Gasteiger partial charge in [0.2, 0.25) is 5.13 Å². The molecule has 0 aliphatic carbocycles. The van der Waals surface area contributed by atoms with Crippen LogP contribution in [0.15, 0.2) is 12.3 Å². The Morgan fingerprint density at radius 2 is 2.25 bits per heavy atom. The molecule has 2 aromatic rings. The number of rotatable bonds is 4. The number of ether oxygens (including phenoxy) is 1. The molecule has 0 bridgehead atoms. The van der Waals surface area contributed by atoms with Crippen molar-refractivity contribution in [2.24, 2.45) is 0 Å². The molecule has 0 spiro atoms. The topological polar surface area (TPSA) is 81.9 Å². The lowest BCUT2D eigenvalue weighted by molar-refractivity contribution is -0.142. The Labute approximate surface area is 114 Å². The molecule has 1 amide bonds. The van der Waals surface area contributed by atoms with Gasteiger partial charge in [0, 0.05) is 6.20 Å². The summed E-state index contributed by atoms with van der Waals surface area (Å²) in [5.41, 5.74) is -0.150. The third-order valence-corrected chi connectivity index (χ3v) is 2.82. The van der Waals surface area contributed by atoms with Gasteiger partial charge in [-0.3, -0.25) is 14.8 Å². The Balaban J connectivity index is 2.02. The molecule has 0 saturated heterocycles. The van der Waals surface area contributed by atoms with Crippen molar-refractivity contribution in [3.63, 3.8) is 0 Å². The van der Waals surface area contributed by atoms with Crippen molar-refractivity contribution in [2.45, 2.75) is 12.7 Å². The van der Waals surface area contributed by atoms with Crippen molar-refractivity contribution in [2.75, 3.05) is 12.4 Å². The number of halogens is 3. The van der Waals surface area contributed by atoms with Crippen molar-refractivity contribution in [3.05, 3.63) is 18.0 Å². The lowest BCUT2D eigenvalue weighted by Gasteiger charge is -2.05. The summed E-state index contributed by atoms with van der Waals surface area (Å²) in [6.45, 7) is -1.26. The summed E-state index contributed by atoms with van der Waals surface area (Å²) in [7, 11) is 1.39. The summed E-state index contributed by atoms with van der Waals surface area (Å²) in [5.74, 6) is -0.676. The molecule has 2 heterocycles. The third kappa shape index (κ3) is 3.66. The second kappa shape index (κ2) is 5.45.